The first-order valence-electron chi connectivity index (χ1n) is 9.96. The standard InChI is InChI=1S/C22H26N3O4S.Na/c1-14-9-23-19(13-30(26)21-24-17-7-5-6-8-18(17)25-21)15(2)20(14)27-10-16-11-28-22(3,4)29-12-16;/h5-9,16H,10-13H2,1-4H3;/q-1;+1. The molecule has 0 N–H and O–H groups in total. The number of hydrogen-bond donors (Lipinski definition) is 0. The summed E-state index contributed by atoms with van der Waals surface area (Å²) in [5.41, 5.74) is 4.05. The van der Waals surface area contributed by atoms with Crippen molar-refractivity contribution in [2.24, 2.45) is 5.92 Å². The van der Waals surface area contributed by atoms with Crippen molar-refractivity contribution in [1.29, 1.82) is 0 Å². The van der Waals surface area contributed by atoms with E-state index in [1.165, 1.54) is 0 Å². The largest absolute Gasteiger partial charge is 1.00 e. The number of imidazole rings is 1. The second-order valence-electron chi connectivity index (χ2n) is 8.03. The number of aryl methyl sites for hydroxylation is 1. The molecule has 7 nitrogen and oxygen atoms in total. The molecule has 0 aliphatic carbocycles. The fourth-order valence-corrected chi connectivity index (χ4v) is 4.39. The van der Waals surface area contributed by atoms with Crippen LogP contribution in [0.2, 0.25) is 0 Å². The molecule has 1 unspecified atom stereocenters. The van der Waals surface area contributed by atoms with Crippen LogP contribution in [0.25, 0.3) is 11.0 Å². The van der Waals surface area contributed by atoms with Crippen molar-refractivity contribution >= 4 is 21.8 Å². The van der Waals surface area contributed by atoms with Crippen molar-refractivity contribution < 1.29 is 48.0 Å². The predicted molar refractivity (Wildman–Crippen MR) is 114 cm³/mol. The van der Waals surface area contributed by atoms with Crippen LogP contribution in [-0.2, 0) is 26.0 Å². The zero-order valence-corrected chi connectivity index (χ0v) is 21.5. The molecule has 4 rings (SSSR count). The van der Waals surface area contributed by atoms with Gasteiger partial charge in [-0.15, -0.1) is 0 Å². The van der Waals surface area contributed by atoms with E-state index in [9.17, 15) is 4.21 Å². The van der Waals surface area contributed by atoms with Crippen LogP contribution in [0, 0.1) is 19.8 Å². The van der Waals surface area contributed by atoms with E-state index >= 15 is 0 Å². The number of hydrogen-bond acceptors (Lipinski definition) is 6. The molecule has 0 radical (unpaired) electrons. The van der Waals surface area contributed by atoms with Gasteiger partial charge >= 0.3 is 29.6 Å². The van der Waals surface area contributed by atoms with Crippen LogP contribution in [0.3, 0.4) is 0 Å². The molecule has 9 heteroatoms. The SMILES string of the molecule is Cc1cnc(CS(=O)c2nc3ccccc3[n-]2)c(C)c1OCC1COC(C)(C)OC1.[Na+]. The quantitative estimate of drug-likeness (QED) is 0.498. The summed E-state index contributed by atoms with van der Waals surface area (Å²) >= 11 is 0. The first kappa shape index (κ1) is 24.4. The number of nitrogens with zero attached hydrogens (tertiary/aromatic N) is 3. The van der Waals surface area contributed by atoms with E-state index in [2.05, 4.69) is 15.0 Å². The Hall–Kier alpha value is -1.29. The number of rotatable bonds is 6. The van der Waals surface area contributed by atoms with Gasteiger partial charge < -0.3 is 24.2 Å². The molecule has 1 aliphatic rings. The predicted octanol–water partition coefficient (Wildman–Crippen LogP) is 0.294. The van der Waals surface area contributed by atoms with Gasteiger partial charge in [0.05, 0.1) is 42.1 Å². The van der Waals surface area contributed by atoms with E-state index in [0.717, 1.165) is 33.6 Å². The summed E-state index contributed by atoms with van der Waals surface area (Å²) in [7, 11) is -1.39. The smallest absolute Gasteiger partial charge is 0.492 e. The molecule has 1 aliphatic heterocycles. The molecule has 3 aromatic rings. The van der Waals surface area contributed by atoms with Crippen molar-refractivity contribution in [2.75, 3.05) is 19.8 Å². The van der Waals surface area contributed by atoms with Crippen molar-refractivity contribution in [2.45, 2.75) is 44.4 Å². The molecular formula is C22H26N3NaO4S. The number of ether oxygens (including phenoxy) is 3. The molecular weight excluding hydrogens is 425 g/mol. The van der Waals surface area contributed by atoms with E-state index in [1.807, 2.05) is 52.0 Å². The Morgan fingerprint density at radius 3 is 2.65 bits per heavy atom. The summed E-state index contributed by atoms with van der Waals surface area (Å²) in [5.74, 6) is 0.634. The Morgan fingerprint density at radius 2 is 1.94 bits per heavy atom. The number of para-hydroxylation sites is 2. The van der Waals surface area contributed by atoms with Gasteiger partial charge in [-0.05, 0) is 38.7 Å². The fraction of sp³-hybridized carbons (Fsp3) is 0.455. The van der Waals surface area contributed by atoms with Crippen molar-refractivity contribution in [1.82, 2.24) is 15.0 Å². The van der Waals surface area contributed by atoms with Gasteiger partial charge in [0.1, 0.15) is 5.75 Å². The zero-order valence-electron chi connectivity index (χ0n) is 18.7. The molecule has 1 atom stereocenters. The van der Waals surface area contributed by atoms with Crippen molar-refractivity contribution in [3.8, 4) is 5.75 Å². The Balaban J connectivity index is 0.00000272. The molecule has 1 fully saturated rings. The normalized spacial score (nSPS) is 17.3. The van der Waals surface area contributed by atoms with Crippen molar-refractivity contribution in [3.63, 3.8) is 0 Å². The molecule has 0 saturated carbocycles. The van der Waals surface area contributed by atoms with E-state index < -0.39 is 16.6 Å². The van der Waals surface area contributed by atoms with E-state index in [4.69, 9.17) is 14.2 Å². The fourth-order valence-electron chi connectivity index (χ4n) is 3.32. The summed E-state index contributed by atoms with van der Waals surface area (Å²) in [6, 6.07) is 7.51. The van der Waals surface area contributed by atoms with Crippen LogP contribution in [-0.4, -0.2) is 39.8 Å². The Kier molecular flexibility index (Phi) is 7.94. The average Bonchev–Trinajstić information content (AvgIpc) is 3.15. The van der Waals surface area contributed by atoms with Crippen LogP contribution in [0.1, 0.15) is 30.7 Å². The number of fused-ring (bicyclic) bond motifs is 1. The van der Waals surface area contributed by atoms with Gasteiger partial charge in [0, 0.05) is 28.4 Å². The minimum absolute atomic E-state index is 0. The number of pyridine rings is 1. The topological polar surface area (TPSA) is 84.6 Å². The van der Waals surface area contributed by atoms with Crippen LogP contribution < -0.4 is 39.3 Å². The second-order valence-corrected chi connectivity index (χ2v) is 9.37. The summed E-state index contributed by atoms with van der Waals surface area (Å²) in [4.78, 5) is 13.3. The van der Waals surface area contributed by atoms with Crippen molar-refractivity contribution in [3.05, 3.63) is 47.3 Å². The van der Waals surface area contributed by atoms with Gasteiger partial charge in [-0.25, -0.2) is 0 Å². The van der Waals surface area contributed by atoms with Gasteiger partial charge in [-0.2, -0.15) is 0 Å². The molecule has 0 bridgehead atoms. The second kappa shape index (κ2) is 10.1. The van der Waals surface area contributed by atoms with Crippen LogP contribution in [0.4, 0.5) is 0 Å². The number of aromatic nitrogens is 3. The molecule has 31 heavy (non-hydrogen) atoms. The Morgan fingerprint density at radius 1 is 1.23 bits per heavy atom. The minimum Gasteiger partial charge on any atom is -0.492 e. The first-order valence-corrected chi connectivity index (χ1v) is 11.3. The number of benzene rings is 1. The molecule has 3 heterocycles. The maximum absolute atomic E-state index is 12.9. The molecule has 0 amide bonds. The molecule has 0 spiro atoms. The van der Waals surface area contributed by atoms with Crippen LogP contribution in [0.15, 0.2) is 35.6 Å². The maximum Gasteiger partial charge on any atom is 1.00 e. The molecule has 2 aromatic heterocycles. The third kappa shape index (κ3) is 5.74. The van der Waals surface area contributed by atoms with Gasteiger partial charge in [0.25, 0.3) is 0 Å². The summed E-state index contributed by atoms with van der Waals surface area (Å²) in [5, 5.41) is 0.333. The summed E-state index contributed by atoms with van der Waals surface area (Å²) in [6.07, 6.45) is 1.76. The summed E-state index contributed by atoms with van der Waals surface area (Å²) < 4.78 is 30.4. The maximum atomic E-state index is 12.9. The van der Waals surface area contributed by atoms with Crippen LogP contribution >= 0.6 is 0 Å². The van der Waals surface area contributed by atoms with E-state index in [1.54, 1.807) is 6.20 Å². The van der Waals surface area contributed by atoms with Crippen LogP contribution in [0.5, 0.6) is 5.75 Å². The third-order valence-electron chi connectivity index (χ3n) is 5.13. The zero-order chi connectivity index (χ0) is 21.3. The molecule has 160 valence electrons. The average molecular weight is 452 g/mol. The molecule has 1 aromatic carbocycles. The van der Waals surface area contributed by atoms with E-state index in [-0.39, 0.29) is 41.2 Å². The third-order valence-corrected chi connectivity index (χ3v) is 6.25. The van der Waals surface area contributed by atoms with Gasteiger partial charge in [0.2, 0.25) is 0 Å². The van der Waals surface area contributed by atoms with Gasteiger partial charge in [0.15, 0.2) is 5.79 Å². The minimum atomic E-state index is -1.39. The first-order chi connectivity index (χ1) is 14.3. The Labute approximate surface area is 207 Å². The van der Waals surface area contributed by atoms with E-state index in [0.29, 0.717) is 25.0 Å². The monoisotopic (exact) mass is 451 g/mol. The van der Waals surface area contributed by atoms with Gasteiger partial charge in [-0.1, -0.05) is 24.3 Å². The molecule has 1 saturated heterocycles. The summed E-state index contributed by atoms with van der Waals surface area (Å²) in [6.45, 7) is 9.40. The Bertz CT molecular complexity index is 1040. The van der Waals surface area contributed by atoms with Gasteiger partial charge in [-0.3, -0.25) is 9.19 Å².